The molecular weight excluding hydrogens is 402 g/mol. The molecule has 0 spiro atoms. The third-order valence-electron chi connectivity index (χ3n) is 5.78. The Morgan fingerprint density at radius 1 is 1.29 bits per heavy atom. The Bertz CT molecular complexity index is 922. The molecule has 0 aliphatic carbocycles. The van der Waals surface area contributed by atoms with Crippen LogP contribution in [0.1, 0.15) is 12.5 Å². The Morgan fingerprint density at radius 3 is 2.87 bits per heavy atom. The van der Waals surface area contributed by atoms with Gasteiger partial charge >= 0.3 is 0 Å². The number of nitrogens with one attached hydrogen (secondary N) is 1. The molecule has 2 fully saturated rings. The summed E-state index contributed by atoms with van der Waals surface area (Å²) < 4.78 is 15.4. The molecule has 31 heavy (non-hydrogen) atoms. The van der Waals surface area contributed by atoms with Gasteiger partial charge < -0.3 is 29.4 Å². The molecule has 1 amide bonds. The van der Waals surface area contributed by atoms with E-state index in [0.29, 0.717) is 49.8 Å². The van der Waals surface area contributed by atoms with Crippen LogP contribution in [-0.4, -0.2) is 63.3 Å². The number of ether oxygens (including phenoxy) is 3. The minimum absolute atomic E-state index is 0.0487. The van der Waals surface area contributed by atoms with E-state index >= 15 is 0 Å². The molecule has 1 aromatic rings. The molecule has 4 rings (SSSR count). The summed E-state index contributed by atoms with van der Waals surface area (Å²) in [6.45, 7) is 3.67. The lowest BCUT2D eigenvalue weighted by Gasteiger charge is -2.38. The summed E-state index contributed by atoms with van der Waals surface area (Å²) in [5.41, 5.74) is 2.75. The van der Waals surface area contributed by atoms with Gasteiger partial charge in [0.15, 0.2) is 12.4 Å². The van der Waals surface area contributed by atoms with Crippen molar-refractivity contribution in [3.63, 3.8) is 0 Å². The molecule has 0 aromatic heterocycles. The Kier molecular flexibility index (Phi) is 6.24. The number of carbonyl (C=O) groups excluding carboxylic acids is 1. The Morgan fingerprint density at radius 2 is 2.10 bits per heavy atom. The van der Waals surface area contributed by atoms with Crippen molar-refractivity contribution < 1.29 is 24.2 Å². The summed E-state index contributed by atoms with van der Waals surface area (Å²) in [5.74, 6) is -0.160. The number of hydrogen-bond donors (Lipinski definition) is 2. The smallest absolute Gasteiger partial charge is 0.216 e. The van der Waals surface area contributed by atoms with E-state index in [4.69, 9.17) is 14.2 Å². The fraction of sp³-hybridized carbons (Fsp3) is 0.409. The average Bonchev–Trinajstić information content (AvgIpc) is 2.96. The van der Waals surface area contributed by atoms with Gasteiger partial charge in [-0.15, -0.1) is 4.65 Å². The summed E-state index contributed by atoms with van der Waals surface area (Å²) >= 11 is 0. The summed E-state index contributed by atoms with van der Waals surface area (Å²) in [7, 11) is 0. The second kappa shape index (κ2) is 8.91. The highest BCUT2D eigenvalue weighted by molar-refractivity contribution is 5.84. The first-order valence-electron chi connectivity index (χ1n) is 10.4. The van der Waals surface area contributed by atoms with Gasteiger partial charge in [-0.2, -0.15) is 0 Å². The highest BCUT2D eigenvalue weighted by Gasteiger charge is 2.38. The van der Waals surface area contributed by atoms with Crippen LogP contribution in [-0.2, 0) is 19.0 Å². The fourth-order valence-corrected chi connectivity index (χ4v) is 4.06. The number of morpholine rings is 1. The van der Waals surface area contributed by atoms with Gasteiger partial charge in [-0.25, -0.2) is 5.21 Å². The number of nitrogens with zero attached hydrogens (tertiary/aromatic N) is 2. The average molecular weight is 430 g/mol. The SMILES string of the molecule is CC(=O)NCC1C[N+]([O-])(c2ccc([N+]3(O)CCOCC3)cc2C2=CC=COC=C2)CO1. The summed E-state index contributed by atoms with van der Waals surface area (Å²) in [5, 5.41) is 27.6. The minimum atomic E-state index is -0.676. The zero-order chi connectivity index (χ0) is 21.9. The summed E-state index contributed by atoms with van der Waals surface area (Å²) in [6, 6.07) is 5.45. The maximum Gasteiger partial charge on any atom is 0.216 e. The predicted octanol–water partition coefficient (Wildman–Crippen LogP) is 2.15. The van der Waals surface area contributed by atoms with Crippen LogP contribution in [0, 0.1) is 5.21 Å². The number of quaternary nitrogens is 2. The fourth-order valence-electron chi connectivity index (χ4n) is 4.06. The first-order chi connectivity index (χ1) is 14.9. The molecule has 2 atom stereocenters. The molecule has 166 valence electrons. The van der Waals surface area contributed by atoms with Crippen molar-refractivity contribution in [1.29, 1.82) is 0 Å². The second-order valence-corrected chi connectivity index (χ2v) is 8.00. The van der Waals surface area contributed by atoms with Gasteiger partial charge in [0.05, 0.1) is 25.7 Å². The highest BCUT2D eigenvalue weighted by atomic mass is 16.6. The molecule has 9 nitrogen and oxygen atoms in total. The number of carbonyl (C=O) groups is 1. The van der Waals surface area contributed by atoms with Crippen LogP contribution in [0.2, 0.25) is 0 Å². The van der Waals surface area contributed by atoms with E-state index < -0.39 is 4.65 Å². The van der Waals surface area contributed by atoms with Gasteiger partial charge in [0, 0.05) is 37.2 Å². The molecule has 3 aliphatic heterocycles. The predicted molar refractivity (Wildman–Crippen MR) is 116 cm³/mol. The lowest BCUT2D eigenvalue weighted by Crippen LogP contribution is -2.53. The molecule has 2 unspecified atom stereocenters. The molecular formula is C22H28N3O6+. The molecule has 9 heteroatoms. The molecule has 2 N–H and O–H groups in total. The van der Waals surface area contributed by atoms with Crippen molar-refractivity contribution in [3.8, 4) is 0 Å². The largest absolute Gasteiger partial charge is 0.626 e. The number of hydrogen-bond acceptors (Lipinski definition) is 6. The number of amides is 1. The Hall–Kier alpha value is -2.53. The zero-order valence-electron chi connectivity index (χ0n) is 17.5. The zero-order valence-corrected chi connectivity index (χ0v) is 17.5. The molecule has 0 bridgehead atoms. The van der Waals surface area contributed by atoms with Gasteiger partial charge in [-0.1, -0.05) is 6.08 Å². The Balaban J connectivity index is 1.71. The van der Waals surface area contributed by atoms with E-state index in [1.165, 1.54) is 6.92 Å². The summed E-state index contributed by atoms with van der Waals surface area (Å²) in [4.78, 5) is 11.2. The van der Waals surface area contributed by atoms with Gasteiger partial charge in [-0.3, -0.25) is 4.79 Å². The van der Waals surface area contributed by atoms with Gasteiger partial charge in [0.2, 0.25) is 5.91 Å². The van der Waals surface area contributed by atoms with Crippen molar-refractivity contribution in [3.05, 3.63) is 59.7 Å². The highest BCUT2D eigenvalue weighted by Crippen LogP contribution is 2.39. The van der Waals surface area contributed by atoms with Crippen LogP contribution in [0.25, 0.3) is 5.57 Å². The summed E-state index contributed by atoms with van der Waals surface area (Å²) in [6.07, 6.45) is 8.16. The van der Waals surface area contributed by atoms with Crippen molar-refractivity contribution in [2.45, 2.75) is 13.0 Å². The van der Waals surface area contributed by atoms with Crippen LogP contribution in [0.3, 0.4) is 0 Å². The van der Waals surface area contributed by atoms with E-state index in [1.54, 1.807) is 36.8 Å². The van der Waals surface area contributed by atoms with Crippen LogP contribution in [0.5, 0.6) is 0 Å². The third kappa shape index (κ3) is 4.72. The lowest BCUT2D eigenvalue weighted by molar-refractivity contribution is -0.133. The van der Waals surface area contributed by atoms with Crippen LogP contribution >= 0.6 is 0 Å². The van der Waals surface area contributed by atoms with E-state index in [0.717, 1.165) is 5.57 Å². The molecule has 3 aliphatic rings. The van der Waals surface area contributed by atoms with Crippen LogP contribution in [0.15, 0.2) is 49.0 Å². The molecule has 0 radical (unpaired) electrons. The van der Waals surface area contributed by atoms with E-state index in [-0.39, 0.29) is 29.9 Å². The quantitative estimate of drug-likeness (QED) is 0.549. The first kappa shape index (κ1) is 21.7. The molecule has 0 saturated carbocycles. The first-order valence-corrected chi connectivity index (χ1v) is 10.4. The van der Waals surface area contributed by atoms with E-state index in [9.17, 15) is 15.2 Å². The van der Waals surface area contributed by atoms with Crippen molar-refractivity contribution >= 4 is 22.9 Å². The van der Waals surface area contributed by atoms with Gasteiger partial charge in [-0.05, 0) is 17.7 Å². The van der Waals surface area contributed by atoms with Gasteiger partial charge in [0.1, 0.15) is 31.4 Å². The maximum absolute atomic E-state index is 13.8. The number of hydroxylamine groups is 4. The minimum Gasteiger partial charge on any atom is -0.626 e. The van der Waals surface area contributed by atoms with E-state index in [2.05, 4.69) is 5.32 Å². The Labute approximate surface area is 181 Å². The number of rotatable bonds is 5. The second-order valence-electron chi connectivity index (χ2n) is 8.00. The molecule has 3 heterocycles. The van der Waals surface area contributed by atoms with Crippen LogP contribution in [0.4, 0.5) is 11.4 Å². The lowest BCUT2D eigenvalue weighted by atomic mass is 10.0. The topological polar surface area (TPSA) is 100 Å². The molecule has 2 saturated heterocycles. The maximum atomic E-state index is 13.8. The van der Waals surface area contributed by atoms with Crippen LogP contribution < -0.4 is 14.6 Å². The number of benzene rings is 1. The normalized spacial score (nSPS) is 27.3. The van der Waals surface area contributed by atoms with Crippen molar-refractivity contribution in [2.24, 2.45) is 0 Å². The van der Waals surface area contributed by atoms with Gasteiger partial charge in [0.25, 0.3) is 0 Å². The van der Waals surface area contributed by atoms with Crippen molar-refractivity contribution in [1.82, 2.24) is 14.6 Å². The van der Waals surface area contributed by atoms with E-state index in [1.807, 2.05) is 12.1 Å². The molecule has 1 aromatic carbocycles. The standard InChI is InChI=1S/C22H27N3O6/c1-17(26)23-14-20-15-25(28,16-31-20)22-5-4-19(24(27)7-11-30-12-8-24)13-21(22)18-3-2-9-29-10-6-18/h2-6,9-10,13,20,27H,7-8,11-12,14-16H2,1H3/p+1. The third-order valence-corrected chi connectivity index (χ3v) is 5.78. The monoisotopic (exact) mass is 430 g/mol. The van der Waals surface area contributed by atoms with Crippen molar-refractivity contribution in [2.75, 3.05) is 46.1 Å². The number of allylic oxidation sites excluding steroid dienone is 4.